The van der Waals surface area contributed by atoms with Crippen LogP contribution >= 0.6 is 0 Å². The fourth-order valence-electron chi connectivity index (χ4n) is 3.98. The quantitative estimate of drug-likeness (QED) is 0.614. The molecule has 1 aliphatic rings. The minimum atomic E-state index is -0.876. The molecule has 0 bridgehead atoms. The normalized spacial score (nSPS) is 16.0. The maximum absolute atomic E-state index is 15.3. The van der Waals surface area contributed by atoms with Crippen molar-refractivity contribution in [3.63, 3.8) is 0 Å². The third-order valence-electron chi connectivity index (χ3n) is 5.99. The number of amides is 1. The molecule has 2 aromatic carbocycles. The molecule has 2 heterocycles. The van der Waals surface area contributed by atoms with Gasteiger partial charge in [-0.05, 0) is 55.2 Å². The van der Waals surface area contributed by atoms with Crippen molar-refractivity contribution >= 4 is 22.6 Å². The van der Waals surface area contributed by atoms with Crippen molar-refractivity contribution in [2.45, 2.75) is 46.1 Å². The number of nitrogens with one attached hydrogen (secondary N) is 1. The number of fused-ring (bicyclic) bond motifs is 1. The molecule has 1 aliphatic heterocycles. The van der Waals surface area contributed by atoms with Crippen molar-refractivity contribution in [3.8, 4) is 11.1 Å². The SMILES string of the molecule is CCC(CC)CN1C(=O)C(C)(C)N=C1c1ccc(-c2ccc3[nH]ncc3c2)cc1F. The van der Waals surface area contributed by atoms with E-state index in [-0.39, 0.29) is 11.7 Å². The molecule has 0 atom stereocenters. The minimum absolute atomic E-state index is 0.0710. The van der Waals surface area contributed by atoms with E-state index in [1.807, 2.05) is 24.3 Å². The van der Waals surface area contributed by atoms with E-state index in [9.17, 15) is 4.79 Å². The number of carbonyl (C=O) groups is 1. The van der Waals surface area contributed by atoms with Crippen LogP contribution in [0.2, 0.25) is 0 Å². The Morgan fingerprint density at radius 3 is 2.50 bits per heavy atom. The van der Waals surface area contributed by atoms with E-state index in [4.69, 9.17) is 0 Å². The fraction of sp³-hybridized carbons (Fsp3) is 0.375. The lowest BCUT2D eigenvalue weighted by molar-refractivity contribution is -0.130. The van der Waals surface area contributed by atoms with Crippen LogP contribution in [0.4, 0.5) is 4.39 Å². The smallest absolute Gasteiger partial charge is 0.255 e. The zero-order chi connectivity index (χ0) is 21.5. The summed E-state index contributed by atoms with van der Waals surface area (Å²) in [6.07, 6.45) is 3.68. The first kappa shape index (κ1) is 20.3. The van der Waals surface area contributed by atoms with Crippen LogP contribution in [0, 0.1) is 11.7 Å². The van der Waals surface area contributed by atoms with Crippen molar-refractivity contribution in [1.82, 2.24) is 15.1 Å². The second kappa shape index (κ2) is 7.67. The van der Waals surface area contributed by atoms with Gasteiger partial charge in [0, 0.05) is 11.9 Å². The molecule has 0 spiro atoms. The molecule has 1 N–H and O–H groups in total. The first-order chi connectivity index (χ1) is 14.3. The number of nitrogens with zero attached hydrogens (tertiary/aromatic N) is 3. The molecule has 5 nitrogen and oxygen atoms in total. The van der Waals surface area contributed by atoms with Crippen LogP contribution in [-0.2, 0) is 4.79 Å². The van der Waals surface area contributed by atoms with Gasteiger partial charge in [0.05, 0.1) is 17.3 Å². The van der Waals surface area contributed by atoms with E-state index < -0.39 is 5.54 Å². The lowest BCUT2D eigenvalue weighted by atomic mass is 10.00. The Balaban J connectivity index is 1.70. The molecule has 6 heteroatoms. The first-order valence-corrected chi connectivity index (χ1v) is 10.5. The highest BCUT2D eigenvalue weighted by Gasteiger charge is 2.42. The summed E-state index contributed by atoms with van der Waals surface area (Å²) in [4.78, 5) is 19.2. The number of hydrogen-bond donors (Lipinski definition) is 1. The van der Waals surface area contributed by atoms with Gasteiger partial charge >= 0.3 is 0 Å². The van der Waals surface area contributed by atoms with Crippen molar-refractivity contribution in [3.05, 3.63) is 54.0 Å². The highest BCUT2D eigenvalue weighted by Crippen LogP contribution is 2.30. The number of aromatic nitrogens is 2. The largest absolute Gasteiger partial charge is 0.294 e. The van der Waals surface area contributed by atoms with Gasteiger partial charge < -0.3 is 0 Å². The van der Waals surface area contributed by atoms with Gasteiger partial charge in [-0.15, -0.1) is 0 Å². The van der Waals surface area contributed by atoms with Crippen molar-refractivity contribution < 1.29 is 9.18 Å². The predicted molar refractivity (Wildman–Crippen MR) is 118 cm³/mol. The molecule has 0 aliphatic carbocycles. The molecule has 0 fully saturated rings. The van der Waals surface area contributed by atoms with Crippen molar-refractivity contribution in [2.24, 2.45) is 10.9 Å². The highest BCUT2D eigenvalue weighted by molar-refractivity contribution is 6.15. The van der Waals surface area contributed by atoms with Crippen LogP contribution in [0.25, 0.3) is 22.0 Å². The standard InChI is InChI=1S/C24H27FN4O/c1-5-15(6-2)14-29-22(27-24(3,4)23(29)30)19-9-7-17(12-20(19)25)16-8-10-21-18(11-16)13-26-28-21/h7-13,15H,5-6,14H2,1-4H3,(H,26,28). The Hall–Kier alpha value is -3.02. The second-order valence-electron chi connectivity index (χ2n) is 8.46. The second-order valence-corrected chi connectivity index (χ2v) is 8.46. The molecule has 30 heavy (non-hydrogen) atoms. The molecular formula is C24H27FN4O. The average molecular weight is 407 g/mol. The van der Waals surface area contributed by atoms with E-state index in [0.29, 0.717) is 23.9 Å². The molecule has 1 aromatic heterocycles. The van der Waals surface area contributed by atoms with Crippen LogP contribution in [0.5, 0.6) is 0 Å². The molecule has 0 unspecified atom stereocenters. The summed E-state index contributed by atoms with van der Waals surface area (Å²) >= 11 is 0. The fourth-order valence-corrected chi connectivity index (χ4v) is 3.98. The Morgan fingerprint density at radius 2 is 1.80 bits per heavy atom. The predicted octanol–water partition coefficient (Wildman–Crippen LogP) is 5.17. The average Bonchev–Trinajstić information content (AvgIpc) is 3.28. The maximum Gasteiger partial charge on any atom is 0.255 e. The third-order valence-corrected chi connectivity index (χ3v) is 5.99. The van der Waals surface area contributed by atoms with Gasteiger partial charge in [0.2, 0.25) is 0 Å². The summed E-state index contributed by atoms with van der Waals surface area (Å²) in [5.41, 5.74) is 2.11. The van der Waals surface area contributed by atoms with Gasteiger partial charge in [-0.2, -0.15) is 5.10 Å². The summed E-state index contributed by atoms with van der Waals surface area (Å²) in [5.74, 6) is 0.347. The van der Waals surface area contributed by atoms with E-state index >= 15 is 4.39 Å². The van der Waals surface area contributed by atoms with Crippen molar-refractivity contribution in [2.75, 3.05) is 6.54 Å². The first-order valence-electron chi connectivity index (χ1n) is 10.5. The lowest BCUT2D eigenvalue weighted by Gasteiger charge is -2.25. The number of H-pyrrole nitrogens is 1. The highest BCUT2D eigenvalue weighted by atomic mass is 19.1. The van der Waals surface area contributed by atoms with Crippen LogP contribution in [-0.4, -0.2) is 38.9 Å². The zero-order valence-corrected chi connectivity index (χ0v) is 17.9. The maximum atomic E-state index is 15.3. The van der Waals surface area contributed by atoms with Crippen LogP contribution in [0.1, 0.15) is 46.1 Å². The zero-order valence-electron chi connectivity index (χ0n) is 17.9. The number of amidine groups is 1. The van der Waals surface area contributed by atoms with Gasteiger partial charge in [0.25, 0.3) is 5.91 Å². The Kier molecular flexibility index (Phi) is 5.18. The van der Waals surface area contributed by atoms with E-state index in [1.165, 1.54) is 6.07 Å². The van der Waals surface area contributed by atoms with Crippen LogP contribution < -0.4 is 0 Å². The minimum Gasteiger partial charge on any atom is -0.294 e. The van der Waals surface area contributed by atoms with Crippen LogP contribution in [0.3, 0.4) is 0 Å². The van der Waals surface area contributed by atoms with Gasteiger partial charge in [0.1, 0.15) is 17.2 Å². The molecular weight excluding hydrogens is 379 g/mol. The summed E-state index contributed by atoms with van der Waals surface area (Å²) in [6, 6.07) is 11.0. The monoisotopic (exact) mass is 406 g/mol. The molecule has 0 radical (unpaired) electrons. The lowest BCUT2D eigenvalue weighted by Crippen LogP contribution is -2.42. The Labute approximate surface area is 176 Å². The number of aliphatic imine (C=N–C) groups is 1. The number of hydrogen-bond acceptors (Lipinski definition) is 3. The van der Waals surface area contributed by atoms with E-state index in [2.05, 4.69) is 29.0 Å². The van der Waals surface area contributed by atoms with Gasteiger partial charge in [0.15, 0.2) is 0 Å². The molecule has 4 rings (SSSR count). The van der Waals surface area contributed by atoms with Gasteiger partial charge in [-0.3, -0.25) is 19.8 Å². The topological polar surface area (TPSA) is 61.4 Å². The number of halogens is 1. The van der Waals surface area contributed by atoms with Gasteiger partial charge in [-0.25, -0.2) is 4.39 Å². The molecule has 3 aromatic rings. The van der Waals surface area contributed by atoms with Gasteiger partial charge in [-0.1, -0.05) is 38.8 Å². The number of benzene rings is 2. The Morgan fingerprint density at radius 1 is 1.10 bits per heavy atom. The summed E-state index contributed by atoms with van der Waals surface area (Å²) < 4.78 is 15.3. The molecule has 0 saturated heterocycles. The molecule has 156 valence electrons. The van der Waals surface area contributed by atoms with E-state index in [0.717, 1.165) is 34.9 Å². The number of aromatic amines is 1. The van der Waals surface area contributed by atoms with Crippen molar-refractivity contribution in [1.29, 1.82) is 0 Å². The number of rotatable bonds is 6. The summed E-state index contributed by atoms with van der Waals surface area (Å²) in [7, 11) is 0. The van der Waals surface area contributed by atoms with Crippen LogP contribution in [0.15, 0.2) is 47.6 Å². The summed E-state index contributed by atoms with van der Waals surface area (Å²) in [5, 5.41) is 7.93. The summed E-state index contributed by atoms with van der Waals surface area (Å²) in [6.45, 7) is 8.36. The Bertz CT molecular complexity index is 1130. The third kappa shape index (κ3) is 3.51. The molecule has 0 saturated carbocycles. The number of carbonyl (C=O) groups excluding carboxylic acids is 1. The molecule has 1 amide bonds. The van der Waals surface area contributed by atoms with E-state index in [1.54, 1.807) is 31.0 Å².